The smallest absolute Gasteiger partial charge is 0.275 e. The molecule has 4 rings (SSSR count). The number of piperidine rings is 1. The maximum absolute atomic E-state index is 12.7. The fourth-order valence-corrected chi connectivity index (χ4v) is 3.44. The second-order valence-electron chi connectivity index (χ2n) is 6.64. The summed E-state index contributed by atoms with van der Waals surface area (Å²) in [6.45, 7) is 2.92. The number of hydrogen-bond donors (Lipinski definition) is 0. The van der Waals surface area contributed by atoms with Crippen molar-refractivity contribution in [3.8, 4) is 11.6 Å². The van der Waals surface area contributed by atoms with E-state index in [9.17, 15) is 4.79 Å². The number of nitrogens with zero attached hydrogens (tertiary/aromatic N) is 4. The highest BCUT2D eigenvalue weighted by Gasteiger charge is 2.30. The molecule has 3 aromatic rings. The van der Waals surface area contributed by atoms with Crippen molar-refractivity contribution in [3.05, 3.63) is 65.2 Å². The lowest BCUT2D eigenvalue weighted by atomic mass is 9.94. The molecule has 0 radical (unpaired) electrons. The normalized spacial score (nSPS) is 16.8. The fraction of sp³-hybridized carbons (Fsp3) is 0.300. The van der Waals surface area contributed by atoms with Gasteiger partial charge in [0, 0.05) is 43.3 Å². The van der Waals surface area contributed by atoms with E-state index in [-0.39, 0.29) is 11.8 Å². The average molecular weight is 399 g/mol. The number of halogens is 1. The van der Waals surface area contributed by atoms with E-state index in [1.807, 2.05) is 0 Å². The molecule has 1 fully saturated rings. The molecular formula is C20H19ClN4O3. The maximum atomic E-state index is 12.7. The van der Waals surface area contributed by atoms with Crippen LogP contribution < -0.4 is 4.74 Å². The first-order valence-corrected chi connectivity index (χ1v) is 9.43. The van der Waals surface area contributed by atoms with Crippen LogP contribution in [0.15, 0.2) is 47.3 Å². The van der Waals surface area contributed by atoms with Crippen LogP contribution in [-0.2, 0) is 0 Å². The summed E-state index contributed by atoms with van der Waals surface area (Å²) < 4.78 is 11.1. The minimum Gasteiger partial charge on any atom is -0.448 e. The van der Waals surface area contributed by atoms with Crippen LogP contribution in [0.5, 0.6) is 11.6 Å². The first kappa shape index (κ1) is 18.4. The molecule has 28 heavy (non-hydrogen) atoms. The van der Waals surface area contributed by atoms with Gasteiger partial charge in [-0.25, -0.2) is 9.97 Å². The van der Waals surface area contributed by atoms with Gasteiger partial charge < -0.3 is 14.1 Å². The number of hydrogen-bond acceptors (Lipinski definition) is 6. The van der Waals surface area contributed by atoms with Crippen molar-refractivity contribution in [2.24, 2.45) is 0 Å². The van der Waals surface area contributed by atoms with Crippen LogP contribution in [0.25, 0.3) is 0 Å². The first-order valence-electron chi connectivity index (χ1n) is 9.06. The molecule has 0 spiro atoms. The van der Waals surface area contributed by atoms with Gasteiger partial charge in [0.05, 0.1) is 0 Å². The molecule has 0 N–H and O–H groups in total. The van der Waals surface area contributed by atoms with Gasteiger partial charge in [-0.1, -0.05) is 11.6 Å². The average Bonchev–Trinajstić information content (AvgIpc) is 3.16. The van der Waals surface area contributed by atoms with Gasteiger partial charge in [0.1, 0.15) is 17.7 Å². The maximum Gasteiger partial charge on any atom is 0.275 e. The van der Waals surface area contributed by atoms with E-state index in [0.717, 1.165) is 18.5 Å². The van der Waals surface area contributed by atoms with E-state index in [0.29, 0.717) is 41.3 Å². The van der Waals surface area contributed by atoms with Crippen molar-refractivity contribution in [2.45, 2.75) is 25.7 Å². The Morgan fingerprint density at radius 3 is 2.79 bits per heavy atom. The SMILES string of the molecule is Cc1nc(C(=O)N2CCC[C@@H](c3nccnc3Oc3ccc(Cl)cc3)C2)co1. The van der Waals surface area contributed by atoms with Crippen molar-refractivity contribution in [1.29, 1.82) is 0 Å². The predicted molar refractivity (Wildman–Crippen MR) is 103 cm³/mol. The van der Waals surface area contributed by atoms with Gasteiger partial charge in [0.25, 0.3) is 5.91 Å². The lowest BCUT2D eigenvalue weighted by Crippen LogP contribution is -2.39. The number of carbonyl (C=O) groups is 1. The first-order chi connectivity index (χ1) is 13.6. The second kappa shape index (κ2) is 7.98. The predicted octanol–water partition coefficient (Wildman–Crippen LogP) is 4.24. The van der Waals surface area contributed by atoms with Crippen LogP contribution in [-0.4, -0.2) is 38.8 Å². The largest absolute Gasteiger partial charge is 0.448 e. The molecule has 7 nitrogen and oxygen atoms in total. The molecule has 1 aromatic carbocycles. The van der Waals surface area contributed by atoms with E-state index < -0.39 is 0 Å². The quantitative estimate of drug-likeness (QED) is 0.653. The topological polar surface area (TPSA) is 81.4 Å². The molecule has 144 valence electrons. The molecule has 0 saturated carbocycles. The zero-order valence-electron chi connectivity index (χ0n) is 15.3. The number of ether oxygens (including phenoxy) is 1. The van der Waals surface area contributed by atoms with Gasteiger partial charge in [0.15, 0.2) is 11.6 Å². The Hall–Kier alpha value is -2.93. The zero-order valence-corrected chi connectivity index (χ0v) is 16.1. The second-order valence-corrected chi connectivity index (χ2v) is 7.08. The lowest BCUT2D eigenvalue weighted by molar-refractivity contribution is 0.0698. The highest BCUT2D eigenvalue weighted by atomic mass is 35.5. The van der Waals surface area contributed by atoms with Gasteiger partial charge >= 0.3 is 0 Å². The van der Waals surface area contributed by atoms with Crippen molar-refractivity contribution in [3.63, 3.8) is 0 Å². The number of aryl methyl sites for hydroxylation is 1. The van der Waals surface area contributed by atoms with Crippen LogP contribution in [0.2, 0.25) is 5.02 Å². The number of rotatable bonds is 4. The van der Waals surface area contributed by atoms with E-state index in [1.165, 1.54) is 6.26 Å². The lowest BCUT2D eigenvalue weighted by Gasteiger charge is -2.32. The number of carbonyl (C=O) groups excluding carboxylic acids is 1. The summed E-state index contributed by atoms with van der Waals surface area (Å²) in [7, 11) is 0. The molecule has 2 aromatic heterocycles. The Kier molecular flexibility index (Phi) is 5.25. The van der Waals surface area contributed by atoms with Gasteiger partial charge in [-0.15, -0.1) is 0 Å². The summed E-state index contributed by atoms with van der Waals surface area (Å²) in [5.74, 6) is 1.45. The van der Waals surface area contributed by atoms with Crippen molar-refractivity contribution < 1.29 is 13.9 Å². The Morgan fingerprint density at radius 2 is 2.04 bits per heavy atom. The summed E-state index contributed by atoms with van der Waals surface area (Å²) in [6, 6.07) is 7.08. The summed E-state index contributed by atoms with van der Waals surface area (Å²) in [6.07, 6.45) is 6.41. The van der Waals surface area contributed by atoms with Gasteiger partial charge in [-0.2, -0.15) is 0 Å². The third kappa shape index (κ3) is 3.99. The molecule has 1 aliphatic rings. The molecular weight excluding hydrogens is 380 g/mol. The minimum absolute atomic E-state index is 0.0294. The van der Waals surface area contributed by atoms with Crippen LogP contribution in [0.4, 0.5) is 0 Å². The summed E-state index contributed by atoms with van der Waals surface area (Å²) >= 11 is 5.93. The Labute approximate surface area is 167 Å². The Balaban J connectivity index is 1.53. The van der Waals surface area contributed by atoms with E-state index in [1.54, 1.807) is 48.5 Å². The summed E-state index contributed by atoms with van der Waals surface area (Å²) in [5, 5.41) is 0.635. The third-order valence-corrected chi connectivity index (χ3v) is 4.90. The number of benzene rings is 1. The van der Waals surface area contributed by atoms with Crippen molar-refractivity contribution >= 4 is 17.5 Å². The summed E-state index contributed by atoms with van der Waals surface area (Å²) in [5.41, 5.74) is 1.07. The van der Waals surface area contributed by atoms with Crippen molar-refractivity contribution in [2.75, 3.05) is 13.1 Å². The van der Waals surface area contributed by atoms with Gasteiger partial charge in [0.2, 0.25) is 5.88 Å². The molecule has 3 heterocycles. The molecule has 0 aliphatic carbocycles. The highest BCUT2D eigenvalue weighted by Crippen LogP contribution is 2.33. The standard InChI is InChI=1S/C20H19ClN4O3/c1-13-24-17(12-27-13)20(26)25-10-2-3-14(11-25)18-19(23-9-8-22-18)28-16-6-4-15(21)5-7-16/h4-9,12,14H,2-3,10-11H2,1H3/t14-/m1/s1. The molecule has 0 bridgehead atoms. The molecule has 1 atom stereocenters. The number of amides is 1. The fourth-order valence-electron chi connectivity index (χ4n) is 3.32. The van der Waals surface area contributed by atoms with E-state index in [4.69, 9.17) is 20.8 Å². The highest BCUT2D eigenvalue weighted by molar-refractivity contribution is 6.30. The van der Waals surface area contributed by atoms with Gasteiger partial charge in [-0.3, -0.25) is 9.78 Å². The van der Waals surface area contributed by atoms with E-state index >= 15 is 0 Å². The molecule has 8 heteroatoms. The number of likely N-dealkylation sites (tertiary alicyclic amines) is 1. The molecule has 1 amide bonds. The van der Waals surface area contributed by atoms with Crippen LogP contribution in [0.3, 0.4) is 0 Å². The number of oxazole rings is 1. The minimum atomic E-state index is -0.134. The van der Waals surface area contributed by atoms with E-state index in [2.05, 4.69) is 15.0 Å². The van der Waals surface area contributed by atoms with Crippen LogP contribution >= 0.6 is 11.6 Å². The van der Waals surface area contributed by atoms with Crippen LogP contribution in [0.1, 0.15) is 40.8 Å². The Bertz CT molecular complexity index is 974. The third-order valence-electron chi connectivity index (χ3n) is 4.65. The number of aromatic nitrogens is 3. The molecule has 1 saturated heterocycles. The van der Waals surface area contributed by atoms with Gasteiger partial charge in [-0.05, 0) is 37.1 Å². The Morgan fingerprint density at radius 1 is 1.25 bits per heavy atom. The summed E-state index contributed by atoms with van der Waals surface area (Å²) in [4.78, 5) is 27.5. The van der Waals surface area contributed by atoms with Crippen LogP contribution in [0, 0.1) is 6.92 Å². The molecule has 0 unspecified atom stereocenters. The zero-order chi connectivity index (χ0) is 19.5. The monoisotopic (exact) mass is 398 g/mol. The molecule has 1 aliphatic heterocycles. The van der Waals surface area contributed by atoms with Crippen molar-refractivity contribution in [1.82, 2.24) is 19.9 Å².